The molecule has 7 nitrogen and oxygen atoms in total. The summed E-state index contributed by atoms with van der Waals surface area (Å²) in [7, 11) is 0. The summed E-state index contributed by atoms with van der Waals surface area (Å²) in [6.45, 7) is 1.89. The Labute approximate surface area is 152 Å². The third-order valence-corrected chi connectivity index (χ3v) is 5.11. The lowest BCUT2D eigenvalue weighted by Gasteiger charge is -2.27. The summed E-state index contributed by atoms with van der Waals surface area (Å²) in [5.41, 5.74) is 2.22. The van der Waals surface area contributed by atoms with Crippen LogP contribution in [-0.2, 0) is 9.59 Å². The van der Waals surface area contributed by atoms with E-state index < -0.39 is 5.97 Å². The summed E-state index contributed by atoms with van der Waals surface area (Å²) in [4.78, 5) is 35.1. The molecular formula is C19H25N3O4. The fourth-order valence-corrected chi connectivity index (χ4v) is 3.25. The first-order valence-electron chi connectivity index (χ1n) is 9.14. The third-order valence-electron chi connectivity index (χ3n) is 5.11. The van der Waals surface area contributed by atoms with Gasteiger partial charge in [0.15, 0.2) is 0 Å². The molecule has 0 atom stereocenters. The maximum absolute atomic E-state index is 12.3. The van der Waals surface area contributed by atoms with Crippen LogP contribution in [0.3, 0.4) is 0 Å². The van der Waals surface area contributed by atoms with E-state index in [1.807, 2.05) is 19.1 Å². The van der Waals surface area contributed by atoms with Gasteiger partial charge in [0.2, 0.25) is 5.91 Å². The topological polar surface area (TPSA) is 108 Å². The molecule has 0 bridgehead atoms. The molecule has 1 aromatic carbocycles. The molecule has 26 heavy (non-hydrogen) atoms. The smallest absolute Gasteiger partial charge is 0.319 e. The number of carboxylic acid groups (broad SMARTS) is 1. The minimum Gasteiger partial charge on any atom is -0.481 e. The predicted octanol–water partition coefficient (Wildman–Crippen LogP) is 3.11. The molecule has 0 aliphatic heterocycles. The Morgan fingerprint density at radius 3 is 2.23 bits per heavy atom. The van der Waals surface area contributed by atoms with Crippen LogP contribution in [0.2, 0.25) is 0 Å². The molecule has 4 N–H and O–H groups in total. The number of carboxylic acids is 1. The molecule has 0 aromatic heterocycles. The highest BCUT2D eigenvalue weighted by atomic mass is 16.4. The Morgan fingerprint density at radius 2 is 1.62 bits per heavy atom. The van der Waals surface area contributed by atoms with Crippen molar-refractivity contribution >= 4 is 29.3 Å². The molecule has 0 spiro atoms. The quantitative estimate of drug-likeness (QED) is 0.648. The van der Waals surface area contributed by atoms with E-state index in [4.69, 9.17) is 5.11 Å². The number of anilines is 2. The van der Waals surface area contributed by atoms with Gasteiger partial charge in [0.1, 0.15) is 0 Å². The van der Waals surface area contributed by atoms with Gasteiger partial charge in [-0.1, -0.05) is 6.07 Å². The van der Waals surface area contributed by atoms with Crippen LogP contribution < -0.4 is 16.0 Å². The molecule has 140 valence electrons. The van der Waals surface area contributed by atoms with Gasteiger partial charge in [0.05, 0.1) is 5.92 Å². The monoisotopic (exact) mass is 359 g/mol. The summed E-state index contributed by atoms with van der Waals surface area (Å²) in [5.74, 6) is -0.907. The van der Waals surface area contributed by atoms with Crippen LogP contribution in [0.4, 0.5) is 16.2 Å². The Hall–Kier alpha value is -2.57. The zero-order chi connectivity index (χ0) is 18.7. The lowest BCUT2D eigenvalue weighted by Crippen LogP contribution is -2.41. The number of carbonyl (C=O) groups excluding carboxylic acids is 2. The van der Waals surface area contributed by atoms with Crippen molar-refractivity contribution in [2.75, 3.05) is 10.6 Å². The van der Waals surface area contributed by atoms with Gasteiger partial charge in [-0.3, -0.25) is 9.59 Å². The largest absolute Gasteiger partial charge is 0.481 e. The second-order valence-electron chi connectivity index (χ2n) is 7.28. The standard InChI is InChI=1S/C19H25N3O4/c1-11-2-7-15(20-17(23)12-3-4-12)10-16(11)22-19(26)21-14-8-5-13(6-9-14)18(24)25/h2,7,10,12-14H,3-6,8-9H2,1H3,(H,20,23)(H,24,25)(H2,21,22,26). The summed E-state index contributed by atoms with van der Waals surface area (Å²) >= 11 is 0. The molecule has 2 aliphatic carbocycles. The number of hydrogen-bond acceptors (Lipinski definition) is 3. The van der Waals surface area contributed by atoms with E-state index in [1.54, 1.807) is 6.07 Å². The third kappa shape index (κ3) is 4.74. The highest BCUT2D eigenvalue weighted by Gasteiger charge is 2.29. The van der Waals surface area contributed by atoms with E-state index in [2.05, 4.69) is 16.0 Å². The van der Waals surface area contributed by atoms with Gasteiger partial charge in [0.25, 0.3) is 0 Å². The summed E-state index contributed by atoms with van der Waals surface area (Å²) in [5, 5.41) is 17.6. The maximum atomic E-state index is 12.3. The molecule has 2 aliphatic rings. The molecule has 0 radical (unpaired) electrons. The second-order valence-corrected chi connectivity index (χ2v) is 7.28. The maximum Gasteiger partial charge on any atom is 0.319 e. The van der Waals surface area contributed by atoms with Crippen molar-refractivity contribution in [3.8, 4) is 0 Å². The van der Waals surface area contributed by atoms with Crippen molar-refractivity contribution in [2.24, 2.45) is 11.8 Å². The van der Waals surface area contributed by atoms with Gasteiger partial charge in [-0.2, -0.15) is 0 Å². The van der Waals surface area contributed by atoms with Crippen molar-refractivity contribution in [1.29, 1.82) is 0 Å². The molecule has 0 saturated heterocycles. The highest BCUT2D eigenvalue weighted by molar-refractivity contribution is 5.96. The molecule has 2 fully saturated rings. The summed E-state index contributed by atoms with van der Waals surface area (Å²) in [6.07, 6.45) is 4.39. The second kappa shape index (κ2) is 7.76. The molecule has 7 heteroatoms. The molecule has 1 aromatic rings. The van der Waals surface area contributed by atoms with E-state index >= 15 is 0 Å². The number of aliphatic carboxylic acids is 1. The van der Waals surface area contributed by atoms with E-state index in [9.17, 15) is 14.4 Å². The van der Waals surface area contributed by atoms with E-state index in [0.29, 0.717) is 37.1 Å². The number of amides is 3. The average Bonchev–Trinajstić information content (AvgIpc) is 3.43. The van der Waals surface area contributed by atoms with Gasteiger partial charge in [-0.25, -0.2) is 4.79 Å². The first kappa shape index (κ1) is 18.2. The summed E-state index contributed by atoms with van der Waals surface area (Å²) < 4.78 is 0. The summed E-state index contributed by atoms with van der Waals surface area (Å²) in [6, 6.07) is 5.12. The molecule has 0 heterocycles. The number of aryl methyl sites for hydroxylation is 1. The molecule has 0 unspecified atom stereocenters. The fourth-order valence-electron chi connectivity index (χ4n) is 3.25. The van der Waals surface area contributed by atoms with Crippen LogP contribution in [0.1, 0.15) is 44.1 Å². The van der Waals surface area contributed by atoms with Crippen molar-refractivity contribution in [3.63, 3.8) is 0 Å². The lowest BCUT2D eigenvalue weighted by atomic mass is 9.86. The van der Waals surface area contributed by atoms with Crippen LogP contribution in [-0.4, -0.2) is 29.1 Å². The van der Waals surface area contributed by atoms with Crippen LogP contribution in [0.15, 0.2) is 18.2 Å². The first-order chi connectivity index (χ1) is 12.4. The number of rotatable bonds is 5. The normalized spacial score (nSPS) is 22.3. The number of hydrogen-bond donors (Lipinski definition) is 4. The predicted molar refractivity (Wildman–Crippen MR) is 98.1 cm³/mol. The van der Waals surface area contributed by atoms with Gasteiger partial charge in [-0.05, 0) is 63.1 Å². The molecule has 3 amide bonds. The minimum absolute atomic E-state index is 0.0105. The van der Waals surface area contributed by atoms with E-state index in [0.717, 1.165) is 18.4 Å². The van der Waals surface area contributed by atoms with Crippen molar-refractivity contribution < 1.29 is 19.5 Å². The minimum atomic E-state index is -0.756. The SMILES string of the molecule is Cc1ccc(NC(=O)C2CC2)cc1NC(=O)NC1CCC(C(=O)O)CC1. The van der Waals surface area contributed by atoms with Crippen molar-refractivity contribution in [1.82, 2.24) is 5.32 Å². The number of nitrogens with one attached hydrogen (secondary N) is 3. The number of carbonyl (C=O) groups is 3. The van der Waals surface area contributed by atoms with E-state index in [-0.39, 0.29) is 29.8 Å². The van der Waals surface area contributed by atoms with E-state index in [1.165, 1.54) is 0 Å². The zero-order valence-electron chi connectivity index (χ0n) is 14.9. The molecular weight excluding hydrogens is 334 g/mol. The number of benzene rings is 1. The highest BCUT2D eigenvalue weighted by Crippen LogP contribution is 2.31. The van der Waals surface area contributed by atoms with Gasteiger partial charge in [0, 0.05) is 23.3 Å². The van der Waals surface area contributed by atoms with Crippen molar-refractivity contribution in [2.45, 2.75) is 51.5 Å². The Balaban J connectivity index is 1.53. The van der Waals surface area contributed by atoms with Gasteiger partial charge >= 0.3 is 12.0 Å². The van der Waals surface area contributed by atoms with Crippen LogP contribution in [0.5, 0.6) is 0 Å². The van der Waals surface area contributed by atoms with Crippen LogP contribution in [0.25, 0.3) is 0 Å². The van der Waals surface area contributed by atoms with Crippen molar-refractivity contribution in [3.05, 3.63) is 23.8 Å². The van der Waals surface area contributed by atoms with Gasteiger partial charge < -0.3 is 21.1 Å². The van der Waals surface area contributed by atoms with Crippen LogP contribution in [0, 0.1) is 18.8 Å². The Kier molecular flexibility index (Phi) is 5.44. The Bertz CT molecular complexity index is 707. The molecule has 2 saturated carbocycles. The zero-order valence-corrected chi connectivity index (χ0v) is 14.9. The molecule has 3 rings (SSSR count). The average molecular weight is 359 g/mol. The van der Waals surface area contributed by atoms with Gasteiger partial charge in [-0.15, -0.1) is 0 Å². The lowest BCUT2D eigenvalue weighted by molar-refractivity contribution is -0.142. The fraction of sp³-hybridized carbons (Fsp3) is 0.526. The van der Waals surface area contributed by atoms with Crippen LogP contribution >= 0.6 is 0 Å². The Morgan fingerprint density at radius 1 is 0.962 bits per heavy atom. The number of urea groups is 1. The first-order valence-corrected chi connectivity index (χ1v) is 9.14.